The Morgan fingerprint density at radius 1 is 1.31 bits per heavy atom. The summed E-state index contributed by atoms with van der Waals surface area (Å²) >= 11 is 0. The van der Waals surface area contributed by atoms with E-state index in [1.807, 2.05) is 29.2 Å². The van der Waals surface area contributed by atoms with Crippen molar-refractivity contribution in [3.8, 4) is 0 Å². The second-order valence-electron chi connectivity index (χ2n) is 8.99. The molecule has 2 aromatic rings. The standard InChI is InChI=1S/C22H29N3O/c1-22(2,3)25-14-16(13-24-25)9-21(26)18-6-4-5-17(10-18)19-11-20(19)23-12-15-7-8-15/h4-6,10,13-15,19-20,23H,7-9,11-12H2,1-3H3. The van der Waals surface area contributed by atoms with Gasteiger partial charge >= 0.3 is 0 Å². The zero-order valence-electron chi connectivity index (χ0n) is 16.0. The van der Waals surface area contributed by atoms with E-state index >= 15 is 0 Å². The van der Waals surface area contributed by atoms with Crippen molar-refractivity contribution in [2.45, 2.75) is 64.0 Å². The van der Waals surface area contributed by atoms with Gasteiger partial charge in [-0.25, -0.2) is 0 Å². The predicted octanol–water partition coefficient (Wildman–Crippen LogP) is 3.92. The van der Waals surface area contributed by atoms with Crippen LogP contribution in [0.1, 0.15) is 67.4 Å². The van der Waals surface area contributed by atoms with Gasteiger partial charge in [0.15, 0.2) is 5.78 Å². The van der Waals surface area contributed by atoms with Crippen molar-refractivity contribution in [1.82, 2.24) is 15.1 Å². The third-order valence-electron chi connectivity index (χ3n) is 5.48. The van der Waals surface area contributed by atoms with Gasteiger partial charge in [0.25, 0.3) is 0 Å². The Kier molecular flexibility index (Phi) is 4.47. The lowest BCUT2D eigenvalue weighted by Crippen LogP contribution is -2.22. The van der Waals surface area contributed by atoms with Crippen LogP contribution in [0.25, 0.3) is 0 Å². The Morgan fingerprint density at radius 2 is 2.12 bits per heavy atom. The maximum absolute atomic E-state index is 12.7. The molecule has 0 radical (unpaired) electrons. The SMILES string of the molecule is CC(C)(C)n1cc(CC(=O)c2cccc(C3CC3NCC3CC3)c2)cn1. The molecular weight excluding hydrogens is 322 g/mol. The summed E-state index contributed by atoms with van der Waals surface area (Å²) in [6.07, 6.45) is 8.18. The highest BCUT2D eigenvalue weighted by Crippen LogP contribution is 2.41. The molecule has 0 spiro atoms. The minimum absolute atomic E-state index is 0.0599. The van der Waals surface area contributed by atoms with Crippen LogP contribution in [0, 0.1) is 5.92 Å². The second kappa shape index (κ2) is 6.66. The molecule has 0 saturated heterocycles. The third kappa shape index (κ3) is 4.07. The largest absolute Gasteiger partial charge is 0.313 e. The zero-order chi connectivity index (χ0) is 18.3. The highest BCUT2D eigenvalue weighted by molar-refractivity contribution is 5.97. The molecule has 1 aromatic carbocycles. The number of nitrogens with one attached hydrogen (secondary N) is 1. The van der Waals surface area contributed by atoms with Crippen LogP contribution in [0.3, 0.4) is 0 Å². The molecule has 26 heavy (non-hydrogen) atoms. The molecule has 0 amide bonds. The van der Waals surface area contributed by atoms with Crippen LogP contribution in [-0.4, -0.2) is 28.2 Å². The summed E-state index contributed by atoms with van der Waals surface area (Å²) in [5.74, 6) is 1.66. The lowest BCUT2D eigenvalue weighted by atomic mass is 10.0. The van der Waals surface area contributed by atoms with E-state index < -0.39 is 0 Å². The van der Waals surface area contributed by atoms with Gasteiger partial charge < -0.3 is 5.32 Å². The fourth-order valence-electron chi connectivity index (χ4n) is 3.48. The Labute approximate surface area is 156 Å². The summed E-state index contributed by atoms with van der Waals surface area (Å²) in [6, 6.07) is 8.83. The molecule has 0 aliphatic heterocycles. The Hall–Kier alpha value is -1.94. The molecule has 4 heteroatoms. The summed E-state index contributed by atoms with van der Waals surface area (Å²) in [6.45, 7) is 7.49. The third-order valence-corrected chi connectivity index (χ3v) is 5.48. The predicted molar refractivity (Wildman–Crippen MR) is 104 cm³/mol. The first-order chi connectivity index (χ1) is 12.4. The van der Waals surface area contributed by atoms with E-state index in [9.17, 15) is 4.79 Å². The van der Waals surface area contributed by atoms with Crippen molar-refractivity contribution >= 4 is 5.78 Å². The lowest BCUT2D eigenvalue weighted by Gasteiger charge is -2.18. The molecule has 2 aliphatic rings. The molecule has 1 heterocycles. The van der Waals surface area contributed by atoms with Crippen molar-refractivity contribution in [1.29, 1.82) is 0 Å². The van der Waals surface area contributed by atoms with E-state index in [1.165, 1.54) is 24.8 Å². The van der Waals surface area contributed by atoms with Gasteiger partial charge in [0.05, 0.1) is 11.7 Å². The Balaban J connectivity index is 1.38. The Morgan fingerprint density at radius 3 is 2.81 bits per heavy atom. The van der Waals surface area contributed by atoms with Crippen LogP contribution >= 0.6 is 0 Å². The van der Waals surface area contributed by atoms with Crippen LogP contribution in [0.4, 0.5) is 0 Å². The van der Waals surface area contributed by atoms with E-state index in [4.69, 9.17) is 0 Å². The van der Waals surface area contributed by atoms with Crippen LogP contribution in [0.2, 0.25) is 0 Å². The second-order valence-corrected chi connectivity index (χ2v) is 8.99. The van der Waals surface area contributed by atoms with Crippen molar-refractivity contribution < 1.29 is 4.79 Å². The van der Waals surface area contributed by atoms with Crippen LogP contribution in [0.15, 0.2) is 36.7 Å². The van der Waals surface area contributed by atoms with Crippen molar-refractivity contribution in [2.24, 2.45) is 5.92 Å². The summed E-state index contributed by atoms with van der Waals surface area (Å²) in [5, 5.41) is 8.07. The number of ketones is 1. The van der Waals surface area contributed by atoms with Crippen LogP contribution in [0.5, 0.6) is 0 Å². The van der Waals surface area contributed by atoms with E-state index in [0.717, 1.165) is 23.6 Å². The van der Waals surface area contributed by atoms with Gasteiger partial charge in [0.2, 0.25) is 0 Å². The maximum atomic E-state index is 12.7. The van der Waals surface area contributed by atoms with Gasteiger partial charge in [-0.05, 0) is 69.7 Å². The number of rotatable bonds is 7. The molecule has 4 rings (SSSR count). The molecule has 2 saturated carbocycles. The molecule has 2 unspecified atom stereocenters. The molecule has 2 fully saturated rings. The van der Waals surface area contributed by atoms with Gasteiger partial charge in [0.1, 0.15) is 0 Å². The van der Waals surface area contributed by atoms with Gasteiger partial charge in [-0.1, -0.05) is 18.2 Å². The molecule has 138 valence electrons. The highest BCUT2D eigenvalue weighted by Gasteiger charge is 2.39. The lowest BCUT2D eigenvalue weighted by molar-refractivity contribution is 0.0992. The molecule has 0 bridgehead atoms. The number of hydrogen-bond acceptors (Lipinski definition) is 3. The molecule has 2 atom stereocenters. The number of carbonyl (C=O) groups excluding carboxylic acids is 1. The van der Waals surface area contributed by atoms with Crippen LogP contribution < -0.4 is 5.32 Å². The van der Waals surface area contributed by atoms with Gasteiger partial charge in [-0.3, -0.25) is 9.48 Å². The van der Waals surface area contributed by atoms with Gasteiger partial charge in [-0.15, -0.1) is 0 Å². The summed E-state index contributed by atoms with van der Waals surface area (Å²) in [7, 11) is 0. The summed E-state index contributed by atoms with van der Waals surface area (Å²) in [4.78, 5) is 12.7. The summed E-state index contributed by atoms with van der Waals surface area (Å²) in [5.41, 5.74) is 3.04. The average Bonchev–Trinajstić information content (AvgIpc) is 3.51. The maximum Gasteiger partial charge on any atom is 0.167 e. The normalized spacial score (nSPS) is 22.4. The molecular formula is C22H29N3O. The fourth-order valence-corrected chi connectivity index (χ4v) is 3.48. The number of carbonyl (C=O) groups is 1. The number of hydrogen-bond donors (Lipinski definition) is 1. The van der Waals surface area contributed by atoms with Crippen molar-refractivity contribution in [3.05, 3.63) is 53.3 Å². The van der Waals surface area contributed by atoms with E-state index in [0.29, 0.717) is 18.4 Å². The van der Waals surface area contributed by atoms with E-state index in [1.54, 1.807) is 0 Å². The quantitative estimate of drug-likeness (QED) is 0.769. The smallest absolute Gasteiger partial charge is 0.167 e. The number of benzene rings is 1. The highest BCUT2D eigenvalue weighted by atomic mass is 16.1. The summed E-state index contributed by atoms with van der Waals surface area (Å²) < 4.78 is 1.92. The number of aromatic nitrogens is 2. The Bertz CT molecular complexity index is 798. The minimum Gasteiger partial charge on any atom is -0.313 e. The van der Waals surface area contributed by atoms with E-state index in [-0.39, 0.29) is 11.3 Å². The van der Waals surface area contributed by atoms with Crippen LogP contribution in [-0.2, 0) is 12.0 Å². The topological polar surface area (TPSA) is 46.9 Å². The molecule has 4 nitrogen and oxygen atoms in total. The monoisotopic (exact) mass is 351 g/mol. The molecule has 2 aliphatic carbocycles. The van der Waals surface area contributed by atoms with Gasteiger partial charge in [-0.2, -0.15) is 5.10 Å². The minimum atomic E-state index is -0.0599. The first-order valence-corrected chi connectivity index (χ1v) is 9.81. The van der Waals surface area contributed by atoms with Gasteiger partial charge in [0, 0.05) is 30.1 Å². The van der Waals surface area contributed by atoms with E-state index in [2.05, 4.69) is 43.3 Å². The molecule has 1 aromatic heterocycles. The fraction of sp³-hybridized carbons (Fsp3) is 0.545. The first-order valence-electron chi connectivity index (χ1n) is 9.81. The number of nitrogens with zero attached hydrogens (tertiary/aromatic N) is 2. The molecule has 1 N–H and O–H groups in total. The number of Topliss-reactive ketones (excluding diaryl/α,β-unsaturated/α-hetero) is 1. The average molecular weight is 351 g/mol. The van der Waals surface area contributed by atoms with Crippen molar-refractivity contribution in [2.75, 3.05) is 6.54 Å². The first kappa shape index (κ1) is 17.5. The van der Waals surface area contributed by atoms with Crippen molar-refractivity contribution in [3.63, 3.8) is 0 Å². The zero-order valence-corrected chi connectivity index (χ0v) is 16.0.